The summed E-state index contributed by atoms with van der Waals surface area (Å²) < 4.78 is 10.6. The van der Waals surface area contributed by atoms with Crippen molar-refractivity contribution in [2.45, 2.75) is 31.3 Å². The Kier molecular flexibility index (Phi) is 5.19. The van der Waals surface area contributed by atoms with E-state index >= 15 is 0 Å². The van der Waals surface area contributed by atoms with Crippen LogP contribution in [0.25, 0.3) is 0 Å². The molecule has 16 heavy (non-hydrogen) atoms. The van der Waals surface area contributed by atoms with Crippen molar-refractivity contribution in [2.75, 3.05) is 19.8 Å². The maximum atomic E-state index is 9.74. The molecule has 0 amide bonds. The number of hydrogen-bond donors (Lipinski definition) is 3. The summed E-state index contributed by atoms with van der Waals surface area (Å²) in [5.74, 6) is 2.06. The molecule has 5 atom stereocenters. The summed E-state index contributed by atoms with van der Waals surface area (Å²) >= 11 is 0. The first-order valence-electron chi connectivity index (χ1n) is 5.25. The van der Waals surface area contributed by atoms with Gasteiger partial charge in [-0.1, -0.05) is 12.8 Å². The molecule has 5 heteroatoms. The first kappa shape index (κ1) is 13.4. The Morgan fingerprint density at radius 1 is 1.31 bits per heavy atom. The third-order valence-corrected chi connectivity index (χ3v) is 2.85. The lowest BCUT2D eigenvalue weighted by Crippen LogP contribution is -2.55. The summed E-state index contributed by atoms with van der Waals surface area (Å²) in [6.45, 7) is 1.84. The second-order valence-corrected chi connectivity index (χ2v) is 3.96. The Morgan fingerprint density at radius 2 is 2.00 bits per heavy atom. The van der Waals surface area contributed by atoms with Crippen LogP contribution in [0.1, 0.15) is 6.92 Å². The number of rotatable bonds is 4. The number of aliphatic hydroxyl groups excluding tert-OH is 3. The van der Waals surface area contributed by atoms with Crippen LogP contribution in [0.5, 0.6) is 0 Å². The van der Waals surface area contributed by atoms with E-state index in [1.54, 1.807) is 6.92 Å². The van der Waals surface area contributed by atoms with Crippen LogP contribution in [0.3, 0.4) is 0 Å². The summed E-state index contributed by atoms with van der Waals surface area (Å²) in [7, 11) is 0. The molecule has 1 heterocycles. The molecule has 1 aliphatic heterocycles. The number of ether oxygens (including phenoxy) is 2. The van der Waals surface area contributed by atoms with Crippen LogP contribution in [-0.2, 0) is 9.47 Å². The van der Waals surface area contributed by atoms with E-state index < -0.39 is 18.3 Å². The standard InChI is InChI=1S/C11H18O5/c1-3-4-15-6-9-7(2)10(13)11(14)8(5-12)16-9/h1,7-14H,4-6H2,2H3/t7?,8?,9-,10+,11-/m0/s1. The van der Waals surface area contributed by atoms with Crippen LogP contribution < -0.4 is 0 Å². The molecule has 0 spiro atoms. The fourth-order valence-electron chi connectivity index (χ4n) is 1.76. The average molecular weight is 230 g/mol. The Hall–Kier alpha value is -0.640. The first-order valence-corrected chi connectivity index (χ1v) is 5.25. The van der Waals surface area contributed by atoms with Crippen LogP contribution in [-0.4, -0.2) is 59.6 Å². The van der Waals surface area contributed by atoms with Gasteiger partial charge in [-0.05, 0) is 0 Å². The lowest BCUT2D eigenvalue weighted by atomic mass is 9.88. The third-order valence-electron chi connectivity index (χ3n) is 2.85. The second-order valence-electron chi connectivity index (χ2n) is 3.96. The Labute approximate surface area is 95.0 Å². The van der Waals surface area contributed by atoms with Crippen molar-refractivity contribution in [3.8, 4) is 12.3 Å². The van der Waals surface area contributed by atoms with Crippen molar-refractivity contribution >= 4 is 0 Å². The van der Waals surface area contributed by atoms with Gasteiger partial charge in [0.05, 0.1) is 25.4 Å². The maximum Gasteiger partial charge on any atom is 0.109 e. The minimum Gasteiger partial charge on any atom is -0.394 e. The van der Waals surface area contributed by atoms with E-state index in [1.165, 1.54) is 0 Å². The molecule has 0 bridgehead atoms. The van der Waals surface area contributed by atoms with Gasteiger partial charge in [0.15, 0.2) is 0 Å². The largest absolute Gasteiger partial charge is 0.394 e. The molecule has 0 aromatic heterocycles. The zero-order chi connectivity index (χ0) is 12.1. The third kappa shape index (κ3) is 2.94. The number of hydrogen-bond acceptors (Lipinski definition) is 5. The van der Waals surface area contributed by atoms with Crippen molar-refractivity contribution in [2.24, 2.45) is 5.92 Å². The van der Waals surface area contributed by atoms with E-state index in [9.17, 15) is 10.2 Å². The molecular weight excluding hydrogens is 212 g/mol. The summed E-state index contributed by atoms with van der Waals surface area (Å²) in [5, 5.41) is 28.3. The van der Waals surface area contributed by atoms with E-state index in [-0.39, 0.29) is 31.8 Å². The van der Waals surface area contributed by atoms with E-state index in [0.29, 0.717) is 0 Å². The minimum atomic E-state index is -1.07. The Bertz CT molecular complexity index is 247. The van der Waals surface area contributed by atoms with Gasteiger partial charge in [0.1, 0.15) is 18.8 Å². The molecule has 0 aromatic rings. The smallest absolute Gasteiger partial charge is 0.109 e. The highest BCUT2D eigenvalue weighted by molar-refractivity contribution is 4.90. The monoisotopic (exact) mass is 230 g/mol. The lowest BCUT2D eigenvalue weighted by Gasteiger charge is -2.40. The van der Waals surface area contributed by atoms with Gasteiger partial charge in [0, 0.05) is 5.92 Å². The zero-order valence-corrected chi connectivity index (χ0v) is 9.24. The van der Waals surface area contributed by atoms with E-state index in [0.717, 1.165) is 0 Å². The lowest BCUT2D eigenvalue weighted by molar-refractivity contribution is -0.215. The zero-order valence-electron chi connectivity index (χ0n) is 9.24. The van der Waals surface area contributed by atoms with Gasteiger partial charge in [-0.25, -0.2) is 0 Å². The highest BCUT2D eigenvalue weighted by Crippen LogP contribution is 2.25. The molecule has 2 unspecified atom stereocenters. The van der Waals surface area contributed by atoms with Crippen LogP contribution >= 0.6 is 0 Å². The van der Waals surface area contributed by atoms with Crippen LogP contribution in [0, 0.1) is 18.3 Å². The first-order chi connectivity index (χ1) is 7.61. The van der Waals surface area contributed by atoms with Crippen LogP contribution in [0.2, 0.25) is 0 Å². The highest BCUT2D eigenvalue weighted by atomic mass is 16.6. The van der Waals surface area contributed by atoms with Gasteiger partial charge in [-0.2, -0.15) is 0 Å². The normalized spacial score (nSPS) is 39.3. The molecular formula is C11H18O5. The van der Waals surface area contributed by atoms with Crippen molar-refractivity contribution in [3.05, 3.63) is 0 Å². The molecule has 1 saturated heterocycles. The minimum absolute atomic E-state index is 0.176. The van der Waals surface area contributed by atoms with Crippen molar-refractivity contribution in [3.63, 3.8) is 0 Å². The van der Waals surface area contributed by atoms with E-state index in [2.05, 4.69) is 5.92 Å². The van der Waals surface area contributed by atoms with Crippen molar-refractivity contribution in [1.29, 1.82) is 0 Å². The van der Waals surface area contributed by atoms with Crippen molar-refractivity contribution < 1.29 is 24.8 Å². The summed E-state index contributed by atoms with van der Waals surface area (Å²) in [5.41, 5.74) is 0. The SMILES string of the molecule is C#CCOC[C@@H]1OC(CO)[C@H](O)[C@H](O)C1C. The van der Waals surface area contributed by atoms with Gasteiger partial charge in [-0.15, -0.1) is 6.42 Å². The summed E-state index contributed by atoms with van der Waals surface area (Å²) in [6.07, 6.45) is 1.90. The van der Waals surface area contributed by atoms with Crippen LogP contribution in [0.4, 0.5) is 0 Å². The maximum absolute atomic E-state index is 9.74. The molecule has 0 saturated carbocycles. The summed E-state index contributed by atoms with van der Waals surface area (Å²) in [6, 6.07) is 0. The van der Waals surface area contributed by atoms with Gasteiger partial charge in [-0.3, -0.25) is 0 Å². The molecule has 1 aliphatic rings. The van der Waals surface area contributed by atoms with E-state index in [1.807, 2.05) is 0 Å². The molecule has 1 fully saturated rings. The molecule has 5 nitrogen and oxygen atoms in total. The summed E-state index contributed by atoms with van der Waals surface area (Å²) in [4.78, 5) is 0. The predicted octanol–water partition coefficient (Wildman–Crippen LogP) is -1.25. The molecule has 1 rings (SSSR count). The average Bonchev–Trinajstić information content (AvgIpc) is 2.29. The van der Waals surface area contributed by atoms with Crippen LogP contribution in [0.15, 0.2) is 0 Å². The predicted molar refractivity (Wildman–Crippen MR) is 56.6 cm³/mol. The number of terminal acetylenes is 1. The highest BCUT2D eigenvalue weighted by Gasteiger charge is 2.41. The molecule has 0 radical (unpaired) electrons. The van der Waals surface area contributed by atoms with E-state index in [4.69, 9.17) is 21.0 Å². The number of aliphatic hydroxyl groups is 3. The van der Waals surface area contributed by atoms with Gasteiger partial charge < -0.3 is 24.8 Å². The molecule has 0 aliphatic carbocycles. The Balaban J connectivity index is 2.54. The fraction of sp³-hybridized carbons (Fsp3) is 0.818. The van der Waals surface area contributed by atoms with Gasteiger partial charge in [0.25, 0.3) is 0 Å². The topological polar surface area (TPSA) is 79.2 Å². The molecule has 92 valence electrons. The second kappa shape index (κ2) is 6.18. The quantitative estimate of drug-likeness (QED) is 0.415. The molecule has 0 aromatic carbocycles. The fourth-order valence-corrected chi connectivity index (χ4v) is 1.76. The van der Waals surface area contributed by atoms with Gasteiger partial charge in [0.2, 0.25) is 0 Å². The molecule has 3 N–H and O–H groups in total. The van der Waals surface area contributed by atoms with Crippen molar-refractivity contribution in [1.82, 2.24) is 0 Å². The van der Waals surface area contributed by atoms with Gasteiger partial charge >= 0.3 is 0 Å². The Morgan fingerprint density at radius 3 is 2.56 bits per heavy atom.